The van der Waals surface area contributed by atoms with Crippen molar-refractivity contribution in [1.82, 2.24) is 0 Å². The highest BCUT2D eigenvalue weighted by Crippen LogP contribution is 2.17. The lowest BCUT2D eigenvalue weighted by molar-refractivity contribution is 0.466. The van der Waals surface area contributed by atoms with E-state index in [0.29, 0.717) is 12.1 Å². The van der Waals surface area contributed by atoms with Gasteiger partial charge in [0.1, 0.15) is 5.75 Å². The van der Waals surface area contributed by atoms with Crippen molar-refractivity contribution in [2.45, 2.75) is 0 Å². The first kappa shape index (κ1) is 13.8. The summed E-state index contributed by atoms with van der Waals surface area (Å²) in [5.74, 6) is -3.18. The molecule has 6 nitrogen and oxygen atoms in total. The standard InChI is InChI=1S/C7H6F2O6S2/c8-6-2-1-5(3-7(6)9)15-17(13,14)4-16(10,11)12/h1-3H,4H2,(H,10,11,12). The summed E-state index contributed by atoms with van der Waals surface area (Å²) in [6.07, 6.45) is 0. The molecule has 0 saturated heterocycles. The van der Waals surface area contributed by atoms with Gasteiger partial charge >= 0.3 is 10.1 Å². The molecule has 0 saturated carbocycles. The molecule has 1 N–H and O–H groups in total. The Morgan fingerprint density at radius 3 is 2.18 bits per heavy atom. The minimum atomic E-state index is -4.80. The SMILES string of the molecule is O=S(=O)(O)CS(=O)(=O)Oc1ccc(F)c(F)c1. The van der Waals surface area contributed by atoms with Gasteiger partial charge in [-0.3, -0.25) is 4.55 Å². The number of benzene rings is 1. The van der Waals surface area contributed by atoms with Gasteiger partial charge in [0.25, 0.3) is 10.1 Å². The molecular formula is C7H6F2O6S2. The topological polar surface area (TPSA) is 97.7 Å². The van der Waals surface area contributed by atoms with Gasteiger partial charge in [0.05, 0.1) is 0 Å². The van der Waals surface area contributed by atoms with E-state index in [4.69, 9.17) is 4.55 Å². The molecule has 0 unspecified atom stereocenters. The first-order valence-corrected chi connectivity index (χ1v) is 7.10. The summed E-state index contributed by atoms with van der Waals surface area (Å²) in [5.41, 5.74) is 0. The van der Waals surface area contributed by atoms with E-state index in [1.165, 1.54) is 0 Å². The molecule has 0 aliphatic carbocycles. The molecule has 0 bridgehead atoms. The largest absolute Gasteiger partial charge is 0.382 e. The van der Waals surface area contributed by atoms with Gasteiger partial charge in [0.2, 0.25) is 5.08 Å². The summed E-state index contributed by atoms with van der Waals surface area (Å²) >= 11 is 0. The quantitative estimate of drug-likeness (QED) is 0.640. The van der Waals surface area contributed by atoms with Gasteiger partial charge in [-0.15, -0.1) is 0 Å². The van der Waals surface area contributed by atoms with Crippen molar-refractivity contribution in [2.24, 2.45) is 0 Å². The number of halogens is 2. The van der Waals surface area contributed by atoms with E-state index >= 15 is 0 Å². The van der Waals surface area contributed by atoms with Crippen molar-refractivity contribution < 1.29 is 34.4 Å². The molecule has 0 atom stereocenters. The highest BCUT2D eigenvalue weighted by molar-refractivity contribution is 8.03. The third-order valence-electron chi connectivity index (χ3n) is 1.41. The molecule has 0 aliphatic heterocycles. The summed E-state index contributed by atoms with van der Waals surface area (Å²) in [6.45, 7) is 0. The molecule has 0 spiro atoms. The minimum absolute atomic E-state index is 0.427. The van der Waals surface area contributed by atoms with Crippen LogP contribution < -0.4 is 4.18 Å². The molecule has 0 heterocycles. The lowest BCUT2D eigenvalue weighted by atomic mass is 10.3. The van der Waals surface area contributed by atoms with Crippen molar-refractivity contribution >= 4 is 20.2 Å². The van der Waals surface area contributed by atoms with E-state index in [1.807, 2.05) is 0 Å². The molecule has 1 aromatic rings. The highest BCUT2D eigenvalue weighted by atomic mass is 32.3. The van der Waals surface area contributed by atoms with Crippen LogP contribution in [0.1, 0.15) is 0 Å². The summed E-state index contributed by atoms with van der Waals surface area (Å²) in [4.78, 5) is 0. The van der Waals surface area contributed by atoms with Gasteiger partial charge in [-0.1, -0.05) is 0 Å². The van der Waals surface area contributed by atoms with Crippen LogP contribution in [0.2, 0.25) is 0 Å². The van der Waals surface area contributed by atoms with Crippen LogP contribution in [-0.2, 0) is 20.2 Å². The molecule has 0 fully saturated rings. The second-order valence-corrected chi connectivity index (χ2v) is 6.31. The smallest absolute Gasteiger partial charge is 0.326 e. The predicted molar refractivity (Wildman–Crippen MR) is 52.3 cm³/mol. The molecule has 0 aliphatic rings. The second-order valence-electron chi connectivity index (χ2n) is 2.92. The Morgan fingerprint density at radius 1 is 1.12 bits per heavy atom. The molecule has 1 aromatic carbocycles. The van der Waals surface area contributed by atoms with Crippen LogP contribution in [0.5, 0.6) is 5.75 Å². The molecular weight excluding hydrogens is 282 g/mol. The van der Waals surface area contributed by atoms with Gasteiger partial charge in [-0.25, -0.2) is 8.78 Å². The average Bonchev–Trinajstić information content (AvgIpc) is 2.06. The maximum atomic E-state index is 12.7. The Kier molecular flexibility index (Phi) is 3.69. The van der Waals surface area contributed by atoms with E-state index in [1.54, 1.807) is 0 Å². The Morgan fingerprint density at radius 2 is 1.71 bits per heavy atom. The van der Waals surface area contributed by atoms with E-state index < -0.39 is 42.7 Å². The third-order valence-corrected chi connectivity index (χ3v) is 4.20. The van der Waals surface area contributed by atoms with Gasteiger partial charge in [-0.05, 0) is 12.1 Å². The number of hydrogen-bond donors (Lipinski definition) is 1. The van der Waals surface area contributed by atoms with Crippen LogP contribution in [0.4, 0.5) is 8.78 Å². The fourth-order valence-corrected chi connectivity index (χ4v) is 2.93. The molecule has 17 heavy (non-hydrogen) atoms. The van der Waals surface area contributed by atoms with Crippen molar-refractivity contribution in [3.05, 3.63) is 29.8 Å². The predicted octanol–water partition coefficient (Wildman–Crippen LogP) is 0.519. The molecule has 0 amide bonds. The lowest BCUT2D eigenvalue weighted by Crippen LogP contribution is -2.20. The lowest BCUT2D eigenvalue weighted by Gasteiger charge is -2.05. The van der Waals surface area contributed by atoms with Crippen LogP contribution in [0.25, 0.3) is 0 Å². The summed E-state index contributed by atoms with van der Waals surface area (Å²) in [6, 6.07) is 1.82. The van der Waals surface area contributed by atoms with Crippen LogP contribution in [0, 0.1) is 11.6 Å². The van der Waals surface area contributed by atoms with E-state index in [-0.39, 0.29) is 0 Å². The van der Waals surface area contributed by atoms with Crippen LogP contribution in [0.15, 0.2) is 18.2 Å². The molecule has 0 radical (unpaired) electrons. The van der Waals surface area contributed by atoms with Crippen LogP contribution in [0.3, 0.4) is 0 Å². The van der Waals surface area contributed by atoms with E-state index in [0.717, 1.165) is 6.07 Å². The molecule has 10 heteroatoms. The van der Waals surface area contributed by atoms with Crippen LogP contribution >= 0.6 is 0 Å². The van der Waals surface area contributed by atoms with Crippen molar-refractivity contribution in [3.8, 4) is 5.75 Å². The molecule has 96 valence electrons. The number of rotatable bonds is 4. The summed E-state index contributed by atoms with van der Waals surface area (Å²) in [5, 5.41) is -1.68. The van der Waals surface area contributed by atoms with Gasteiger partial charge in [0, 0.05) is 6.07 Å². The average molecular weight is 288 g/mol. The third kappa shape index (κ3) is 4.63. The fraction of sp³-hybridized carbons (Fsp3) is 0.143. The van der Waals surface area contributed by atoms with Gasteiger partial charge < -0.3 is 4.18 Å². The monoisotopic (exact) mass is 288 g/mol. The van der Waals surface area contributed by atoms with Crippen molar-refractivity contribution in [3.63, 3.8) is 0 Å². The summed E-state index contributed by atoms with van der Waals surface area (Å²) < 4.78 is 80.3. The van der Waals surface area contributed by atoms with Crippen LogP contribution in [-0.4, -0.2) is 26.5 Å². The second kappa shape index (κ2) is 4.55. The maximum Gasteiger partial charge on any atom is 0.326 e. The van der Waals surface area contributed by atoms with E-state index in [9.17, 15) is 25.6 Å². The Labute approximate surface area is 95.7 Å². The normalized spacial score (nSPS) is 12.4. The Balaban J connectivity index is 2.95. The van der Waals surface area contributed by atoms with Crippen molar-refractivity contribution in [2.75, 3.05) is 5.08 Å². The van der Waals surface area contributed by atoms with Gasteiger partial charge in [-0.2, -0.15) is 16.8 Å². The first-order chi connectivity index (χ1) is 7.59. The molecule has 1 rings (SSSR count). The zero-order chi connectivity index (χ0) is 13.3. The minimum Gasteiger partial charge on any atom is -0.382 e. The Bertz CT molecular complexity index is 622. The van der Waals surface area contributed by atoms with Gasteiger partial charge in [0.15, 0.2) is 11.6 Å². The first-order valence-electron chi connectivity index (χ1n) is 3.91. The zero-order valence-electron chi connectivity index (χ0n) is 8.00. The number of hydrogen-bond acceptors (Lipinski definition) is 5. The zero-order valence-corrected chi connectivity index (χ0v) is 9.63. The fourth-order valence-electron chi connectivity index (χ4n) is 0.882. The Hall–Kier alpha value is -1.26. The molecule has 0 aromatic heterocycles. The van der Waals surface area contributed by atoms with Crippen molar-refractivity contribution in [1.29, 1.82) is 0 Å². The van der Waals surface area contributed by atoms with E-state index in [2.05, 4.69) is 4.18 Å². The maximum absolute atomic E-state index is 12.7. The highest BCUT2D eigenvalue weighted by Gasteiger charge is 2.22. The summed E-state index contributed by atoms with van der Waals surface area (Å²) in [7, 11) is -9.45.